The second kappa shape index (κ2) is 2.97. The topological polar surface area (TPSA) is 12.0 Å². The third-order valence-electron chi connectivity index (χ3n) is 1.35. The van der Waals surface area contributed by atoms with Crippen molar-refractivity contribution in [2.24, 2.45) is 0 Å². The highest BCUT2D eigenvalue weighted by Crippen LogP contribution is 2.07. The van der Waals surface area contributed by atoms with E-state index in [2.05, 4.69) is 5.32 Å². The molecule has 0 aromatic heterocycles. The van der Waals surface area contributed by atoms with Gasteiger partial charge < -0.3 is 5.32 Å². The summed E-state index contributed by atoms with van der Waals surface area (Å²) in [6, 6.07) is 0. The molecule has 1 heterocycles. The van der Waals surface area contributed by atoms with E-state index in [-0.39, 0.29) is 0 Å². The molecule has 2 heteroatoms. The minimum atomic E-state index is 0.972. The fourth-order valence-corrected chi connectivity index (χ4v) is 1.13. The minimum Gasteiger partial charge on any atom is -0.388 e. The van der Waals surface area contributed by atoms with Crippen molar-refractivity contribution in [3.8, 4) is 0 Å². The summed E-state index contributed by atoms with van der Waals surface area (Å²) < 4.78 is 0. The molecule has 0 bridgehead atoms. The lowest BCUT2D eigenvalue weighted by Gasteiger charge is -1.94. The Hall–Kier alpha value is -0.370. The van der Waals surface area contributed by atoms with E-state index < -0.39 is 0 Å². The van der Waals surface area contributed by atoms with Gasteiger partial charge in [0.2, 0.25) is 0 Å². The number of allylic oxidation sites excluding steroid dienone is 2. The van der Waals surface area contributed by atoms with Crippen LogP contribution in [0.15, 0.2) is 11.8 Å². The normalized spacial score (nSPS) is 22.1. The van der Waals surface area contributed by atoms with Gasteiger partial charge in [0, 0.05) is 17.1 Å². The average Bonchev–Trinajstić information content (AvgIpc) is 2.15. The summed E-state index contributed by atoms with van der Waals surface area (Å²) in [6.07, 6.45) is 4.48. The predicted octanol–water partition coefficient (Wildman–Crippen LogP) is 1.64. The van der Waals surface area contributed by atoms with E-state index in [0.29, 0.717) is 0 Å². The summed E-state index contributed by atoms with van der Waals surface area (Å²) in [5, 5.41) is 3.26. The van der Waals surface area contributed by atoms with Crippen molar-refractivity contribution in [2.75, 3.05) is 6.54 Å². The SMILES string of the molecule is CC(=S)/C=C1/CCCN1. The van der Waals surface area contributed by atoms with Gasteiger partial charge in [-0.25, -0.2) is 0 Å². The van der Waals surface area contributed by atoms with Gasteiger partial charge in [-0.1, -0.05) is 12.2 Å². The average molecular weight is 141 g/mol. The fourth-order valence-electron chi connectivity index (χ4n) is 0.985. The summed E-state index contributed by atoms with van der Waals surface area (Å²) in [5.41, 5.74) is 1.31. The molecule has 9 heavy (non-hydrogen) atoms. The summed E-state index contributed by atoms with van der Waals surface area (Å²) in [7, 11) is 0. The number of nitrogens with one attached hydrogen (secondary N) is 1. The molecule has 1 aliphatic rings. The monoisotopic (exact) mass is 141 g/mol. The van der Waals surface area contributed by atoms with Gasteiger partial charge in [0.25, 0.3) is 0 Å². The molecule has 1 rings (SSSR count). The first-order chi connectivity index (χ1) is 4.29. The van der Waals surface area contributed by atoms with Crippen LogP contribution in [0.1, 0.15) is 19.8 Å². The summed E-state index contributed by atoms with van der Waals surface area (Å²) in [4.78, 5) is 0.972. The van der Waals surface area contributed by atoms with Crippen LogP contribution in [0.2, 0.25) is 0 Å². The van der Waals surface area contributed by atoms with Crippen LogP contribution in [0.4, 0.5) is 0 Å². The van der Waals surface area contributed by atoms with Crippen LogP contribution in [0, 0.1) is 0 Å². The van der Waals surface area contributed by atoms with Crippen molar-refractivity contribution in [3.05, 3.63) is 11.8 Å². The van der Waals surface area contributed by atoms with E-state index in [1.54, 1.807) is 0 Å². The van der Waals surface area contributed by atoms with Gasteiger partial charge in [-0.15, -0.1) is 0 Å². The number of hydrogen-bond donors (Lipinski definition) is 1. The first-order valence-electron chi connectivity index (χ1n) is 3.24. The van der Waals surface area contributed by atoms with E-state index in [1.807, 2.05) is 13.0 Å². The van der Waals surface area contributed by atoms with Gasteiger partial charge in [0.05, 0.1) is 0 Å². The van der Waals surface area contributed by atoms with Gasteiger partial charge in [0.1, 0.15) is 0 Å². The molecule has 0 aromatic rings. The maximum absolute atomic E-state index is 4.92. The van der Waals surface area contributed by atoms with Gasteiger partial charge in [-0.3, -0.25) is 0 Å². The lowest BCUT2D eigenvalue weighted by atomic mass is 10.3. The molecule has 0 unspecified atom stereocenters. The Balaban J connectivity index is 2.49. The molecule has 0 atom stereocenters. The third-order valence-corrected chi connectivity index (χ3v) is 1.47. The molecule has 1 nitrogen and oxygen atoms in total. The van der Waals surface area contributed by atoms with Crippen LogP contribution in [0.5, 0.6) is 0 Å². The smallest absolute Gasteiger partial charge is 0.0147 e. The molecule has 0 amide bonds. The number of rotatable bonds is 1. The maximum atomic E-state index is 4.92. The van der Waals surface area contributed by atoms with Crippen molar-refractivity contribution in [3.63, 3.8) is 0 Å². The summed E-state index contributed by atoms with van der Waals surface area (Å²) >= 11 is 4.92. The molecule has 0 saturated carbocycles. The third kappa shape index (κ3) is 2.14. The lowest BCUT2D eigenvalue weighted by molar-refractivity contribution is 0.904. The molecule has 1 saturated heterocycles. The highest BCUT2D eigenvalue weighted by atomic mass is 32.1. The second-order valence-electron chi connectivity index (χ2n) is 2.31. The molecule has 1 aliphatic heterocycles. The Morgan fingerprint density at radius 2 is 2.56 bits per heavy atom. The molecule has 0 radical (unpaired) electrons. The Labute approximate surface area is 61.1 Å². The first-order valence-corrected chi connectivity index (χ1v) is 3.65. The van der Waals surface area contributed by atoms with Gasteiger partial charge in [0.15, 0.2) is 0 Å². The predicted molar refractivity (Wildman–Crippen MR) is 43.6 cm³/mol. The van der Waals surface area contributed by atoms with Crippen molar-refractivity contribution in [1.82, 2.24) is 5.32 Å². The van der Waals surface area contributed by atoms with Gasteiger partial charge in [-0.05, 0) is 25.8 Å². The van der Waals surface area contributed by atoms with E-state index in [4.69, 9.17) is 12.2 Å². The van der Waals surface area contributed by atoms with Gasteiger partial charge >= 0.3 is 0 Å². The van der Waals surface area contributed by atoms with Crippen LogP contribution in [0.25, 0.3) is 0 Å². The van der Waals surface area contributed by atoms with Gasteiger partial charge in [-0.2, -0.15) is 0 Å². The van der Waals surface area contributed by atoms with E-state index in [1.165, 1.54) is 18.5 Å². The molecule has 0 spiro atoms. The number of thiocarbonyl (C=S) groups is 1. The molecule has 1 N–H and O–H groups in total. The maximum Gasteiger partial charge on any atom is 0.0147 e. The van der Waals surface area contributed by atoms with Crippen molar-refractivity contribution >= 4 is 17.1 Å². The van der Waals surface area contributed by atoms with E-state index in [0.717, 1.165) is 11.4 Å². The molecule has 50 valence electrons. The lowest BCUT2D eigenvalue weighted by Crippen LogP contribution is -2.04. The zero-order valence-electron chi connectivity index (χ0n) is 5.61. The van der Waals surface area contributed by atoms with Crippen LogP contribution in [-0.2, 0) is 0 Å². The number of hydrogen-bond acceptors (Lipinski definition) is 2. The Bertz CT molecular complexity index is 141. The first kappa shape index (κ1) is 6.75. The highest BCUT2D eigenvalue weighted by molar-refractivity contribution is 7.80. The van der Waals surface area contributed by atoms with E-state index >= 15 is 0 Å². The van der Waals surface area contributed by atoms with E-state index in [9.17, 15) is 0 Å². The fraction of sp³-hybridized carbons (Fsp3) is 0.571. The quantitative estimate of drug-likeness (QED) is 0.440. The second-order valence-corrected chi connectivity index (χ2v) is 2.95. The standard InChI is InChI=1S/C7H11NS/c1-6(9)5-7-3-2-4-8-7/h5,8H,2-4H2,1H3/b7-5-. The molecule has 1 fully saturated rings. The van der Waals surface area contributed by atoms with Crippen LogP contribution in [-0.4, -0.2) is 11.4 Å². The molecular formula is C7H11NS. The van der Waals surface area contributed by atoms with Crippen LogP contribution >= 0.6 is 12.2 Å². The highest BCUT2D eigenvalue weighted by Gasteiger charge is 2.03. The van der Waals surface area contributed by atoms with Crippen molar-refractivity contribution in [1.29, 1.82) is 0 Å². The van der Waals surface area contributed by atoms with Crippen LogP contribution < -0.4 is 5.32 Å². The summed E-state index contributed by atoms with van der Waals surface area (Å²) in [5.74, 6) is 0. The Kier molecular flexibility index (Phi) is 2.22. The zero-order chi connectivity index (χ0) is 6.69. The van der Waals surface area contributed by atoms with Crippen LogP contribution in [0.3, 0.4) is 0 Å². The summed E-state index contributed by atoms with van der Waals surface area (Å²) in [6.45, 7) is 3.07. The zero-order valence-corrected chi connectivity index (χ0v) is 6.42. The molecular weight excluding hydrogens is 130 g/mol. The molecule has 0 aromatic carbocycles. The Morgan fingerprint density at radius 1 is 1.78 bits per heavy atom. The largest absolute Gasteiger partial charge is 0.388 e. The van der Waals surface area contributed by atoms with Crippen molar-refractivity contribution < 1.29 is 0 Å². The van der Waals surface area contributed by atoms with Crippen molar-refractivity contribution in [2.45, 2.75) is 19.8 Å². The minimum absolute atomic E-state index is 0.972. The molecule has 0 aliphatic carbocycles. The Morgan fingerprint density at radius 3 is 3.00 bits per heavy atom.